The van der Waals surface area contributed by atoms with Crippen LogP contribution in [0.4, 0.5) is 5.82 Å². The molecule has 1 aromatic carbocycles. The standard InChI is InChI=1S/C23H20N2O7/c1-9-18(29)16(11(3)26)20-17(19(9)30)23(4)14(32-20)8-13(28)15(21(23)31)10(2)25-22-12(27)6-5-7-24-22/h5-8,27,29-30H,1-4H3,(H,24,25)/b15-10+/t23-/m0/s1. The molecule has 1 aromatic heterocycles. The fourth-order valence-corrected chi connectivity index (χ4v) is 4.10. The minimum Gasteiger partial charge on any atom is -0.507 e. The van der Waals surface area contributed by atoms with Crippen molar-refractivity contribution in [2.24, 2.45) is 0 Å². The first kappa shape index (κ1) is 21.1. The van der Waals surface area contributed by atoms with Crippen LogP contribution < -0.4 is 10.1 Å². The van der Waals surface area contributed by atoms with E-state index < -0.39 is 34.3 Å². The number of nitrogens with one attached hydrogen (secondary N) is 1. The van der Waals surface area contributed by atoms with Crippen molar-refractivity contribution in [1.29, 1.82) is 0 Å². The highest BCUT2D eigenvalue weighted by atomic mass is 16.5. The lowest BCUT2D eigenvalue weighted by molar-refractivity contribution is -0.123. The molecule has 164 valence electrons. The Bertz CT molecular complexity index is 1310. The number of benzene rings is 1. The predicted octanol–water partition coefficient (Wildman–Crippen LogP) is 2.78. The zero-order valence-electron chi connectivity index (χ0n) is 17.7. The summed E-state index contributed by atoms with van der Waals surface area (Å²) in [5.74, 6) is -3.02. The number of aromatic nitrogens is 1. The van der Waals surface area contributed by atoms with Crippen LogP contribution in [0.3, 0.4) is 0 Å². The topological polar surface area (TPSA) is 146 Å². The van der Waals surface area contributed by atoms with Gasteiger partial charge < -0.3 is 25.4 Å². The molecular formula is C23H20N2O7. The number of hydrogen-bond acceptors (Lipinski definition) is 9. The number of fused-ring (bicyclic) bond motifs is 3. The number of carbonyl (C=O) groups excluding carboxylic acids is 3. The number of rotatable bonds is 3. The minimum absolute atomic E-state index is 0.00716. The van der Waals surface area contributed by atoms with E-state index in [9.17, 15) is 29.7 Å². The van der Waals surface area contributed by atoms with Crippen LogP contribution in [-0.4, -0.2) is 37.7 Å². The quantitative estimate of drug-likeness (QED) is 0.324. The summed E-state index contributed by atoms with van der Waals surface area (Å²) in [6.45, 7) is 5.60. The third-order valence-electron chi connectivity index (χ3n) is 5.85. The van der Waals surface area contributed by atoms with Crippen LogP contribution >= 0.6 is 0 Å². The Hall–Kier alpha value is -4.14. The number of hydrogen-bond donors (Lipinski definition) is 4. The molecule has 0 saturated heterocycles. The number of pyridine rings is 1. The van der Waals surface area contributed by atoms with E-state index in [1.807, 2.05) is 0 Å². The summed E-state index contributed by atoms with van der Waals surface area (Å²) in [6, 6.07) is 2.92. The minimum atomic E-state index is -1.61. The second-order valence-corrected chi connectivity index (χ2v) is 7.88. The lowest BCUT2D eigenvalue weighted by Gasteiger charge is -2.29. The van der Waals surface area contributed by atoms with Gasteiger partial charge in [-0.1, -0.05) is 0 Å². The Morgan fingerprint density at radius 1 is 1.16 bits per heavy atom. The molecule has 4 rings (SSSR count). The molecule has 2 aliphatic rings. The molecule has 9 nitrogen and oxygen atoms in total. The second-order valence-electron chi connectivity index (χ2n) is 7.88. The molecule has 0 saturated carbocycles. The normalized spacial score (nSPS) is 20.8. The van der Waals surface area contributed by atoms with Gasteiger partial charge in [-0.3, -0.25) is 14.4 Å². The van der Waals surface area contributed by atoms with Gasteiger partial charge in [0.15, 0.2) is 28.9 Å². The van der Waals surface area contributed by atoms with Crippen LogP contribution in [0.2, 0.25) is 0 Å². The molecule has 0 bridgehead atoms. The van der Waals surface area contributed by atoms with E-state index in [-0.39, 0.29) is 51.0 Å². The number of nitrogens with zero attached hydrogens (tertiary/aromatic N) is 1. The van der Waals surface area contributed by atoms with E-state index in [1.165, 1.54) is 46.0 Å². The first-order chi connectivity index (χ1) is 15.0. The molecule has 1 atom stereocenters. The monoisotopic (exact) mass is 436 g/mol. The summed E-state index contributed by atoms with van der Waals surface area (Å²) in [7, 11) is 0. The number of aromatic hydroxyl groups is 3. The fourth-order valence-electron chi connectivity index (χ4n) is 4.10. The van der Waals surface area contributed by atoms with Gasteiger partial charge in [-0.15, -0.1) is 0 Å². The number of Topliss-reactive ketones (excluding diaryl/α,β-unsaturated/α-hetero) is 2. The highest BCUT2D eigenvalue weighted by Gasteiger charge is 2.56. The van der Waals surface area contributed by atoms with Crippen molar-refractivity contribution in [1.82, 2.24) is 4.98 Å². The summed E-state index contributed by atoms with van der Waals surface area (Å²) in [5.41, 5.74) is -1.84. The molecule has 9 heteroatoms. The number of ketones is 3. The van der Waals surface area contributed by atoms with Crippen molar-refractivity contribution in [2.45, 2.75) is 33.1 Å². The number of allylic oxidation sites excluding steroid dienone is 4. The second kappa shape index (κ2) is 6.94. The Morgan fingerprint density at radius 2 is 1.84 bits per heavy atom. The molecule has 0 fully saturated rings. The summed E-state index contributed by atoms with van der Waals surface area (Å²) < 4.78 is 5.71. The van der Waals surface area contributed by atoms with Gasteiger partial charge in [0.25, 0.3) is 0 Å². The molecule has 0 radical (unpaired) electrons. The lowest BCUT2D eigenvalue weighted by Crippen LogP contribution is -2.40. The van der Waals surface area contributed by atoms with Crippen molar-refractivity contribution in [3.63, 3.8) is 0 Å². The van der Waals surface area contributed by atoms with E-state index in [1.54, 1.807) is 0 Å². The van der Waals surface area contributed by atoms with Gasteiger partial charge in [-0.25, -0.2) is 4.98 Å². The number of anilines is 1. The largest absolute Gasteiger partial charge is 0.507 e. The van der Waals surface area contributed by atoms with Crippen molar-refractivity contribution in [2.75, 3.05) is 5.32 Å². The first-order valence-electron chi connectivity index (χ1n) is 9.71. The van der Waals surface area contributed by atoms with E-state index in [0.717, 1.165) is 6.08 Å². The summed E-state index contributed by atoms with van der Waals surface area (Å²) in [5, 5.41) is 33.9. The predicted molar refractivity (Wildman–Crippen MR) is 113 cm³/mol. The number of ether oxygens (including phenoxy) is 1. The third kappa shape index (κ3) is 2.71. The van der Waals surface area contributed by atoms with Gasteiger partial charge in [0.2, 0.25) is 0 Å². The first-order valence-corrected chi connectivity index (χ1v) is 9.71. The van der Waals surface area contributed by atoms with Crippen molar-refractivity contribution >= 4 is 23.2 Å². The molecule has 4 N–H and O–H groups in total. The van der Waals surface area contributed by atoms with E-state index in [4.69, 9.17) is 4.74 Å². The maximum absolute atomic E-state index is 13.7. The fraction of sp³-hybridized carbons (Fsp3) is 0.217. The Morgan fingerprint density at radius 3 is 2.47 bits per heavy atom. The Balaban J connectivity index is 1.93. The van der Waals surface area contributed by atoms with Crippen LogP contribution in [0.5, 0.6) is 23.0 Å². The van der Waals surface area contributed by atoms with Crippen molar-refractivity contribution in [3.8, 4) is 23.0 Å². The molecule has 1 aliphatic carbocycles. The molecule has 2 heterocycles. The Kier molecular flexibility index (Phi) is 4.58. The van der Waals surface area contributed by atoms with Crippen LogP contribution in [-0.2, 0) is 15.0 Å². The van der Waals surface area contributed by atoms with Crippen LogP contribution in [0.1, 0.15) is 42.3 Å². The zero-order valence-corrected chi connectivity index (χ0v) is 17.7. The molecule has 2 aromatic rings. The van der Waals surface area contributed by atoms with Crippen molar-refractivity contribution < 1.29 is 34.4 Å². The SMILES string of the molecule is CC(=O)c1c(O)c(C)c(O)c2c1OC1=CC(=O)/C(=C(/C)Nc3ncccc3O)C(=O)[C@@]12C. The van der Waals surface area contributed by atoms with Crippen LogP contribution in [0, 0.1) is 6.92 Å². The number of phenolic OH excluding ortho intramolecular Hbond substituents is 2. The molecule has 0 unspecified atom stereocenters. The molecule has 32 heavy (non-hydrogen) atoms. The zero-order chi connectivity index (χ0) is 23.5. The summed E-state index contributed by atoms with van der Waals surface area (Å²) in [4.78, 5) is 42.7. The van der Waals surface area contributed by atoms with Crippen molar-refractivity contribution in [3.05, 3.63) is 58.1 Å². The highest BCUT2D eigenvalue weighted by molar-refractivity contribution is 6.31. The summed E-state index contributed by atoms with van der Waals surface area (Å²) in [6.07, 6.45) is 2.55. The molecule has 0 spiro atoms. The lowest BCUT2D eigenvalue weighted by atomic mass is 9.70. The van der Waals surface area contributed by atoms with E-state index >= 15 is 0 Å². The van der Waals surface area contributed by atoms with Crippen LogP contribution in [0.25, 0.3) is 0 Å². The van der Waals surface area contributed by atoms with Gasteiger partial charge >= 0.3 is 0 Å². The van der Waals surface area contributed by atoms with Gasteiger partial charge in [-0.05, 0) is 39.8 Å². The maximum atomic E-state index is 13.7. The van der Waals surface area contributed by atoms with Gasteiger partial charge in [0.05, 0.1) is 11.1 Å². The smallest absolute Gasteiger partial charge is 0.194 e. The van der Waals surface area contributed by atoms with Gasteiger partial charge in [0, 0.05) is 23.5 Å². The Labute approximate surface area is 182 Å². The average molecular weight is 436 g/mol. The molecular weight excluding hydrogens is 416 g/mol. The average Bonchev–Trinajstić information content (AvgIpc) is 3.01. The molecule has 0 amide bonds. The van der Waals surface area contributed by atoms with Gasteiger partial charge in [-0.2, -0.15) is 0 Å². The van der Waals surface area contributed by atoms with E-state index in [0.29, 0.717) is 0 Å². The third-order valence-corrected chi connectivity index (χ3v) is 5.85. The number of phenols is 2. The summed E-state index contributed by atoms with van der Waals surface area (Å²) >= 11 is 0. The number of carbonyl (C=O) groups is 3. The van der Waals surface area contributed by atoms with Gasteiger partial charge in [0.1, 0.15) is 34.0 Å². The highest BCUT2D eigenvalue weighted by Crippen LogP contribution is 2.57. The van der Waals surface area contributed by atoms with E-state index in [2.05, 4.69) is 10.3 Å². The maximum Gasteiger partial charge on any atom is 0.194 e. The molecule has 1 aliphatic heterocycles. The van der Waals surface area contributed by atoms with Crippen LogP contribution in [0.15, 0.2) is 41.4 Å².